The highest BCUT2D eigenvalue weighted by atomic mass is 32.2. The van der Waals surface area contributed by atoms with Gasteiger partial charge in [-0.2, -0.15) is 8.42 Å². The molecule has 0 fully saturated rings. The van der Waals surface area contributed by atoms with E-state index in [1.54, 1.807) is 12.1 Å². The Morgan fingerprint density at radius 1 is 1.35 bits per heavy atom. The minimum Gasteiger partial charge on any atom is -0.327 e. The van der Waals surface area contributed by atoms with Crippen LogP contribution in [0.2, 0.25) is 0 Å². The fourth-order valence-corrected chi connectivity index (χ4v) is 2.20. The van der Waals surface area contributed by atoms with Crippen molar-refractivity contribution in [3.05, 3.63) is 24.3 Å². The van der Waals surface area contributed by atoms with E-state index in [2.05, 4.69) is 10.0 Å². The van der Waals surface area contributed by atoms with Crippen LogP contribution in [-0.2, 0) is 15.0 Å². The summed E-state index contributed by atoms with van der Waals surface area (Å²) in [4.78, 5) is 11.7. The highest BCUT2D eigenvalue weighted by molar-refractivity contribution is 7.90. The number of nitrogens with two attached hydrogens (primary N) is 2. The quantitative estimate of drug-likeness (QED) is 0.592. The number of anilines is 2. The normalized spacial score (nSPS) is 12.8. The van der Waals surface area contributed by atoms with Crippen molar-refractivity contribution in [3.8, 4) is 0 Å². The summed E-state index contributed by atoms with van der Waals surface area (Å²) >= 11 is 0. The lowest BCUT2D eigenvalue weighted by Crippen LogP contribution is -2.27. The van der Waals surface area contributed by atoms with Crippen LogP contribution in [0.3, 0.4) is 0 Å². The molecule has 0 aliphatic rings. The largest absolute Gasteiger partial charge is 0.327 e. The van der Waals surface area contributed by atoms with Crippen LogP contribution in [0.25, 0.3) is 0 Å². The number of hydrogen-bond donors (Lipinski definition) is 4. The molecule has 0 aromatic heterocycles. The zero-order chi connectivity index (χ0) is 15.2. The molecule has 0 saturated heterocycles. The maximum Gasteiger partial charge on any atom is 0.296 e. The first-order valence-electron chi connectivity index (χ1n) is 6.26. The van der Waals surface area contributed by atoms with E-state index in [1.165, 1.54) is 12.1 Å². The van der Waals surface area contributed by atoms with Gasteiger partial charge in [0.1, 0.15) is 0 Å². The molecule has 0 aliphatic heterocycles. The van der Waals surface area contributed by atoms with Crippen molar-refractivity contribution in [2.24, 2.45) is 10.9 Å². The fraction of sp³-hybridized carbons (Fsp3) is 0.417. The summed E-state index contributed by atoms with van der Waals surface area (Å²) in [6, 6.07) is 6.09. The zero-order valence-corrected chi connectivity index (χ0v) is 12.1. The van der Waals surface area contributed by atoms with Crippen LogP contribution in [-0.4, -0.2) is 20.4 Å². The van der Waals surface area contributed by atoms with Gasteiger partial charge in [0, 0.05) is 18.2 Å². The highest BCUT2D eigenvalue weighted by Gasteiger charge is 2.09. The van der Waals surface area contributed by atoms with Gasteiger partial charge in [-0.1, -0.05) is 19.4 Å². The van der Waals surface area contributed by atoms with E-state index in [1.807, 2.05) is 6.92 Å². The molecule has 0 bridgehead atoms. The minimum atomic E-state index is -3.83. The summed E-state index contributed by atoms with van der Waals surface area (Å²) in [5, 5.41) is 7.54. The van der Waals surface area contributed by atoms with Crippen molar-refractivity contribution in [2.75, 3.05) is 10.0 Å². The van der Waals surface area contributed by atoms with Crippen molar-refractivity contribution in [3.63, 3.8) is 0 Å². The molecule has 0 heterocycles. The number of benzene rings is 1. The third-order valence-corrected chi connectivity index (χ3v) is 3.03. The van der Waals surface area contributed by atoms with Crippen molar-refractivity contribution in [2.45, 2.75) is 32.2 Å². The highest BCUT2D eigenvalue weighted by Crippen LogP contribution is 2.16. The third-order valence-electron chi connectivity index (χ3n) is 2.51. The van der Waals surface area contributed by atoms with E-state index in [0.29, 0.717) is 5.69 Å². The first-order chi connectivity index (χ1) is 9.30. The number of nitrogens with one attached hydrogen (secondary N) is 2. The Hall–Kier alpha value is -1.64. The molecule has 0 saturated carbocycles. The summed E-state index contributed by atoms with van der Waals surface area (Å²) in [7, 11) is -3.83. The first-order valence-corrected chi connectivity index (χ1v) is 7.81. The van der Waals surface area contributed by atoms with Gasteiger partial charge < -0.3 is 11.1 Å². The van der Waals surface area contributed by atoms with Crippen LogP contribution in [0, 0.1) is 0 Å². The number of amides is 1. The molecular formula is C12H20N4O3S. The van der Waals surface area contributed by atoms with Gasteiger partial charge in [-0.3, -0.25) is 9.52 Å². The Kier molecular flexibility index (Phi) is 5.93. The van der Waals surface area contributed by atoms with E-state index in [-0.39, 0.29) is 24.1 Å². The lowest BCUT2D eigenvalue weighted by molar-refractivity contribution is -0.116. The van der Waals surface area contributed by atoms with Crippen molar-refractivity contribution in [1.82, 2.24) is 0 Å². The summed E-state index contributed by atoms with van der Waals surface area (Å²) < 4.78 is 24.0. The SMILES string of the molecule is CCCC(N)CC(=O)Nc1cccc(NS(N)(=O)=O)c1. The Balaban J connectivity index is 2.64. The van der Waals surface area contributed by atoms with Gasteiger partial charge in [-0.25, -0.2) is 5.14 Å². The van der Waals surface area contributed by atoms with E-state index in [9.17, 15) is 13.2 Å². The van der Waals surface area contributed by atoms with Crippen LogP contribution < -0.4 is 20.9 Å². The molecule has 0 radical (unpaired) electrons. The standard InChI is InChI=1S/C12H20N4O3S/c1-2-4-9(13)7-12(17)15-10-5-3-6-11(8-10)16-20(14,18)19/h3,5-6,8-9,16H,2,4,7,13H2,1H3,(H,15,17)(H2,14,18,19). The number of hydrogen-bond acceptors (Lipinski definition) is 4. The Bertz CT molecular complexity index is 560. The van der Waals surface area contributed by atoms with Crippen molar-refractivity contribution in [1.29, 1.82) is 0 Å². The maximum absolute atomic E-state index is 11.7. The second-order valence-electron chi connectivity index (χ2n) is 4.53. The van der Waals surface area contributed by atoms with Gasteiger partial charge >= 0.3 is 0 Å². The molecule has 0 aliphatic carbocycles. The van der Waals surface area contributed by atoms with E-state index in [0.717, 1.165) is 12.8 Å². The topological polar surface area (TPSA) is 127 Å². The molecule has 7 nitrogen and oxygen atoms in total. The van der Waals surface area contributed by atoms with Gasteiger partial charge in [-0.15, -0.1) is 0 Å². The fourth-order valence-electron chi connectivity index (χ4n) is 1.75. The van der Waals surface area contributed by atoms with Gasteiger partial charge in [-0.05, 0) is 24.6 Å². The second-order valence-corrected chi connectivity index (χ2v) is 5.82. The van der Waals surface area contributed by atoms with Crippen LogP contribution in [0.4, 0.5) is 11.4 Å². The predicted molar refractivity (Wildman–Crippen MR) is 79.3 cm³/mol. The first kappa shape index (κ1) is 16.4. The molecule has 6 N–H and O–H groups in total. The van der Waals surface area contributed by atoms with Crippen molar-refractivity contribution >= 4 is 27.5 Å². The second kappa shape index (κ2) is 7.22. The molecule has 8 heteroatoms. The smallest absolute Gasteiger partial charge is 0.296 e. The molecule has 1 aromatic rings. The average molecular weight is 300 g/mol. The monoisotopic (exact) mass is 300 g/mol. The van der Waals surface area contributed by atoms with E-state index < -0.39 is 10.2 Å². The summed E-state index contributed by atoms with van der Waals surface area (Å²) in [5.41, 5.74) is 6.54. The molecular weight excluding hydrogens is 280 g/mol. The summed E-state index contributed by atoms with van der Waals surface area (Å²) in [6.07, 6.45) is 1.92. The molecule has 1 amide bonds. The molecule has 1 rings (SSSR count). The molecule has 112 valence electrons. The van der Waals surface area contributed by atoms with Gasteiger partial charge in [0.2, 0.25) is 5.91 Å². The van der Waals surface area contributed by atoms with Gasteiger partial charge in [0.15, 0.2) is 0 Å². The Morgan fingerprint density at radius 3 is 2.60 bits per heavy atom. The Morgan fingerprint density at radius 2 is 2.00 bits per heavy atom. The maximum atomic E-state index is 11.7. The lowest BCUT2D eigenvalue weighted by atomic mass is 10.1. The molecule has 0 spiro atoms. The summed E-state index contributed by atoms with van der Waals surface area (Å²) in [5.74, 6) is -0.210. The lowest BCUT2D eigenvalue weighted by Gasteiger charge is -2.11. The molecule has 20 heavy (non-hydrogen) atoms. The summed E-state index contributed by atoms with van der Waals surface area (Å²) in [6.45, 7) is 2.00. The predicted octanol–water partition coefficient (Wildman–Crippen LogP) is 0.758. The van der Waals surface area contributed by atoms with Crippen LogP contribution in [0.1, 0.15) is 26.2 Å². The molecule has 1 unspecified atom stereocenters. The van der Waals surface area contributed by atoms with E-state index in [4.69, 9.17) is 10.9 Å². The number of rotatable bonds is 7. The van der Waals surface area contributed by atoms with E-state index >= 15 is 0 Å². The number of carbonyl (C=O) groups is 1. The molecule has 1 atom stereocenters. The third kappa shape index (κ3) is 6.50. The van der Waals surface area contributed by atoms with Crippen LogP contribution >= 0.6 is 0 Å². The zero-order valence-electron chi connectivity index (χ0n) is 11.3. The van der Waals surface area contributed by atoms with Crippen LogP contribution in [0.5, 0.6) is 0 Å². The average Bonchev–Trinajstić information content (AvgIpc) is 2.26. The van der Waals surface area contributed by atoms with Gasteiger partial charge in [0.25, 0.3) is 10.2 Å². The van der Waals surface area contributed by atoms with Crippen LogP contribution in [0.15, 0.2) is 24.3 Å². The minimum absolute atomic E-state index is 0.175. The Labute approximate surface area is 118 Å². The molecule has 1 aromatic carbocycles. The van der Waals surface area contributed by atoms with Gasteiger partial charge in [0.05, 0.1) is 5.69 Å². The van der Waals surface area contributed by atoms with Crippen molar-refractivity contribution < 1.29 is 13.2 Å². The number of carbonyl (C=O) groups excluding carboxylic acids is 1.